The SMILES string of the molecule is CC[C@H](C(=O)NN=C(C)c1c(O)sc(=O)[nH]c1=O)c1ccccc1. The van der Waals surface area contributed by atoms with Crippen LogP contribution in [0.3, 0.4) is 0 Å². The average Bonchev–Trinajstić information content (AvgIpc) is 2.53. The van der Waals surface area contributed by atoms with Gasteiger partial charge in [-0.15, -0.1) is 0 Å². The molecule has 0 aliphatic carbocycles. The van der Waals surface area contributed by atoms with E-state index in [4.69, 9.17) is 0 Å². The summed E-state index contributed by atoms with van der Waals surface area (Å²) in [5.74, 6) is -0.690. The van der Waals surface area contributed by atoms with Crippen LogP contribution in [0.2, 0.25) is 0 Å². The number of nitrogens with zero attached hydrogens (tertiary/aromatic N) is 1. The smallest absolute Gasteiger partial charge is 0.310 e. The van der Waals surface area contributed by atoms with Crippen LogP contribution < -0.4 is 15.9 Å². The van der Waals surface area contributed by atoms with Crippen LogP contribution >= 0.6 is 11.3 Å². The highest BCUT2D eigenvalue weighted by Gasteiger charge is 2.19. The summed E-state index contributed by atoms with van der Waals surface area (Å²) in [7, 11) is 0. The monoisotopic (exact) mass is 347 g/mol. The Hall–Kier alpha value is -2.74. The quantitative estimate of drug-likeness (QED) is 0.562. The molecular weight excluding hydrogens is 330 g/mol. The summed E-state index contributed by atoms with van der Waals surface area (Å²) >= 11 is 0.494. The van der Waals surface area contributed by atoms with E-state index >= 15 is 0 Å². The number of hydrogen-bond acceptors (Lipinski definition) is 6. The van der Waals surface area contributed by atoms with E-state index in [0.717, 1.165) is 5.56 Å². The maximum Gasteiger partial charge on any atom is 0.310 e. The van der Waals surface area contributed by atoms with Crippen LogP contribution in [0.1, 0.15) is 37.3 Å². The molecule has 7 nitrogen and oxygen atoms in total. The van der Waals surface area contributed by atoms with Crippen molar-refractivity contribution < 1.29 is 9.90 Å². The van der Waals surface area contributed by atoms with Gasteiger partial charge in [0.2, 0.25) is 5.91 Å². The van der Waals surface area contributed by atoms with Crippen LogP contribution in [0.4, 0.5) is 0 Å². The number of carbonyl (C=O) groups is 1. The summed E-state index contributed by atoms with van der Waals surface area (Å²) in [6.07, 6.45) is 0.587. The lowest BCUT2D eigenvalue weighted by molar-refractivity contribution is -0.122. The molecule has 0 spiro atoms. The molecule has 126 valence electrons. The first-order chi connectivity index (χ1) is 11.4. The number of carbonyl (C=O) groups excluding carboxylic acids is 1. The second-order valence-electron chi connectivity index (χ2n) is 5.07. The number of hydrogen-bond donors (Lipinski definition) is 3. The third kappa shape index (κ3) is 3.96. The molecule has 0 aliphatic heterocycles. The molecule has 0 saturated carbocycles. The summed E-state index contributed by atoms with van der Waals surface area (Å²) in [6, 6.07) is 9.28. The van der Waals surface area contributed by atoms with Gasteiger partial charge in [-0.2, -0.15) is 5.10 Å². The molecule has 1 amide bonds. The molecule has 1 aromatic carbocycles. The molecule has 8 heteroatoms. The van der Waals surface area contributed by atoms with Crippen molar-refractivity contribution in [3.8, 4) is 5.06 Å². The fourth-order valence-electron chi connectivity index (χ4n) is 2.27. The minimum absolute atomic E-state index is 0.112. The van der Waals surface area contributed by atoms with E-state index in [2.05, 4.69) is 15.5 Å². The summed E-state index contributed by atoms with van der Waals surface area (Å²) in [5.41, 5.74) is 2.51. The Morgan fingerprint density at radius 1 is 1.33 bits per heavy atom. The molecule has 0 fully saturated rings. The van der Waals surface area contributed by atoms with Crippen molar-refractivity contribution in [3.63, 3.8) is 0 Å². The molecule has 1 aromatic heterocycles. The van der Waals surface area contributed by atoms with Crippen molar-refractivity contribution >= 4 is 23.0 Å². The van der Waals surface area contributed by atoms with Gasteiger partial charge in [0.1, 0.15) is 5.56 Å². The number of benzene rings is 1. The predicted octanol–water partition coefficient (Wildman–Crippen LogP) is 1.54. The minimum Gasteiger partial charge on any atom is -0.499 e. The highest BCUT2D eigenvalue weighted by atomic mass is 32.1. The first-order valence-corrected chi connectivity index (χ1v) is 8.11. The van der Waals surface area contributed by atoms with Crippen molar-refractivity contribution in [2.24, 2.45) is 5.10 Å². The van der Waals surface area contributed by atoms with Gasteiger partial charge in [0, 0.05) is 0 Å². The van der Waals surface area contributed by atoms with Crippen LogP contribution in [0.15, 0.2) is 45.0 Å². The van der Waals surface area contributed by atoms with E-state index in [1.807, 2.05) is 37.3 Å². The minimum atomic E-state index is -0.748. The Morgan fingerprint density at radius 3 is 2.58 bits per heavy atom. The Kier molecular flexibility index (Phi) is 5.64. The molecule has 1 heterocycles. The van der Waals surface area contributed by atoms with Crippen LogP contribution in [-0.4, -0.2) is 21.7 Å². The molecule has 2 rings (SSSR count). The number of aromatic amines is 1. The lowest BCUT2D eigenvalue weighted by Crippen LogP contribution is -2.28. The normalized spacial score (nSPS) is 12.7. The van der Waals surface area contributed by atoms with E-state index in [1.165, 1.54) is 6.92 Å². The number of amides is 1. The molecule has 0 bridgehead atoms. The van der Waals surface area contributed by atoms with Gasteiger partial charge in [-0.05, 0) is 30.2 Å². The fraction of sp³-hybridized carbons (Fsp3) is 0.250. The molecule has 2 aromatic rings. The first kappa shape index (κ1) is 17.6. The topological polar surface area (TPSA) is 112 Å². The molecule has 0 unspecified atom stereocenters. The van der Waals surface area contributed by atoms with Gasteiger partial charge in [-0.3, -0.25) is 19.4 Å². The molecule has 1 atom stereocenters. The Bertz CT molecular complexity index is 871. The van der Waals surface area contributed by atoms with Crippen molar-refractivity contribution in [1.29, 1.82) is 0 Å². The van der Waals surface area contributed by atoms with Gasteiger partial charge < -0.3 is 5.11 Å². The van der Waals surface area contributed by atoms with Crippen molar-refractivity contribution in [2.45, 2.75) is 26.2 Å². The van der Waals surface area contributed by atoms with E-state index in [0.29, 0.717) is 17.8 Å². The lowest BCUT2D eigenvalue weighted by Gasteiger charge is -2.13. The fourth-order valence-corrected chi connectivity index (χ4v) is 2.93. The van der Waals surface area contributed by atoms with Gasteiger partial charge in [0.25, 0.3) is 5.56 Å². The predicted molar refractivity (Wildman–Crippen MR) is 92.7 cm³/mol. The van der Waals surface area contributed by atoms with E-state index < -0.39 is 15.5 Å². The maximum atomic E-state index is 12.3. The zero-order chi connectivity index (χ0) is 17.7. The molecule has 3 N–H and O–H groups in total. The summed E-state index contributed by atoms with van der Waals surface area (Å²) < 4.78 is 0. The Morgan fingerprint density at radius 2 is 2.00 bits per heavy atom. The first-order valence-electron chi connectivity index (χ1n) is 7.29. The average molecular weight is 347 g/mol. The number of rotatable bonds is 5. The van der Waals surface area contributed by atoms with Crippen LogP contribution in [0, 0.1) is 0 Å². The zero-order valence-electron chi connectivity index (χ0n) is 13.2. The van der Waals surface area contributed by atoms with Gasteiger partial charge in [0.05, 0.1) is 11.6 Å². The van der Waals surface area contributed by atoms with Gasteiger partial charge >= 0.3 is 4.87 Å². The third-order valence-electron chi connectivity index (χ3n) is 3.47. The van der Waals surface area contributed by atoms with E-state index in [1.54, 1.807) is 0 Å². The number of H-pyrrole nitrogens is 1. The van der Waals surface area contributed by atoms with Gasteiger partial charge in [0.15, 0.2) is 5.06 Å². The number of aromatic hydroxyl groups is 1. The summed E-state index contributed by atoms with van der Waals surface area (Å²) in [4.78, 5) is 36.6. The zero-order valence-corrected chi connectivity index (χ0v) is 14.0. The molecule has 0 aliphatic rings. The second kappa shape index (κ2) is 7.69. The summed E-state index contributed by atoms with van der Waals surface area (Å²) in [6.45, 7) is 3.35. The van der Waals surface area contributed by atoms with Crippen LogP contribution in [-0.2, 0) is 4.79 Å². The standard InChI is InChI=1S/C16H17N3O4S/c1-3-11(10-7-5-4-6-8-10)13(20)19-18-9(2)12-14(21)17-16(23)24-15(12)22/h4-8,11,22H,3H2,1-2H3,(H,19,20)(H,17,21,23)/t11-/m0/s1. The van der Waals surface area contributed by atoms with Gasteiger partial charge in [-0.1, -0.05) is 37.3 Å². The van der Waals surface area contributed by atoms with Crippen molar-refractivity contribution in [1.82, 2.24) is 10.4 Å². The van der Waals surface area contributed by atoms with Crippen LogP contribution in [0.5, 0.6) is 5.06 Å². The largest absolute Gasteiger partial charge is 0.499 e. The second-order valence-corrected chi connectivity index (χ2v) is 6.03. The number of nitrogens with one attached hydrogen (secondary N) is 2. The van der Waals surface area contributed by atoms with Crippen molar-refractivity contribution in [2.75, 3.05) is 0 Å². The maximum absolute atomic E-state index is 12.3. The third-order valence-corrected chi connectivity index (χ3v) is 4.15. The number of hydrazone groups is 1. The molecule has 24 heavy (non-hydrogen) atoms. The highest BCUT2D eigenvalue weighted by Crippen LogP contribution is 2.19. The molecule has 0 saturated heterocycles. The molecular formula is C16H17N3O4S. The Balaban J connectivity index is 2.22. The van der Waals surface area contributed by atoms with Gasteiger partial charge in [-0.25, -0.2) is 5.43 Å². The molecule has 0 radical (unpaired) electrons. The van der Waals surface area contributed by atoms with Crippen molar-refractivity contribution in [3.05, 3.63) is 61.5 Å². The summed E-state index contributed by atoms with van der Waals surface area (Å²) in [5, 5.41) is 13.2. The lowest BCUT2D eigenvalue weighted by atomic mass is 9.96. The van der Waals surface area contributed by atoms with E-state index in [9.17, 15) is 19.5 Å². The Labute approximate surface area is 141 Å². The van der Waals surface area contributed by atoms with Crippen LogP contribution in [0.25, 0.3) is 0 Å². The highest BCUT2D eigenvalue weighted by molar-refractivity contribution is 7.11. The van der Waals surface area contributed by atoms with E-state index in [-0.39, 0.29) is 23.1 Å². The number of aromatic nitrogens is 1.